The fourth-order valence-corrected chi connectivity index (χ4v) is 4.48. The molecule has 0 unspecified atom stereocenters. The van der Waals surface area contributed by atoms with Gasteiger partial charge in [-0.3, -0.25) is 0 Å². The molecule has 0 atom stereocenters. The summed E-state index contributed by atoms with van der Waals surface area (Å²) in [4.78, 5) is 26.6. The van der Waals surface area contributed by atoms with Crippen molar-refractivity contribution in [2.75, 3.05) is 25.3 Å². The molecule has 1 aliphatic heterocycles. The van der Waals surface area contributed by atoms with Crippen LogP contribution in [0.15, 0.2) is 69.9 Å². The number of benzene rings is 3. The summed E-state index contributed by atoms with van der Waals surface area (Å²) in [6.45, 7) is 5.22. The molecule has 1 aliphatic rings. The smallest absolute Gasteiger partial charge is 0.338 e. The second kappa shape index (κ2) is 9.77. The predicted molar refractivity (Wildman–Crippen MR) is 138 cm³/mol. The van der Waals surface area contributed by atoms with E-state index in [9.17, 15) is 9.59 Å². The van der Waals surface area contributed by atoms with Gasteiger partial charge in [0, 0.05) is 34.8 Å². The van der Waals surface area contributed by atoms with Gasteiger partial charge in [-0.25, -0.2) is 9.59 Å². The molecule has 2 heterocycles. The van der Waals surface area contributed by atoms with Gasteiger partial charge in [0.25, 0.3) is 0 Å². The number of ether oxygens (including phenoxy) is 3. The first-order chi connectivity index (χ1) is 17.5. The van der Waals surface area contributed by atoms with Crippen LogP contribution in [0.5, 0.6) is 11.5 Å². The maximum atomic E-state index is 12.4. The summed E-state index contributed by atoms with van der Waals surface area (Å²) in [5.41, 5.74) is 5.03. The Hall–Kier alpha value is -4.26. The van der Waals surface area contributed by atoms with Crippen LogP contribution in [0.3, 0.4) is 0 Å². The van der Waals surface area contributed by atoms with E-state index in [-0.39, 0.29) is 5.97 Å². The first kappa shape index (κ1) is 23.5. The Morgan fingerprint density at radius 3 is 2.50 bits per heavy atom. The minimum Gasteiger partial charge on any atom is -0.497 e. The van der Waals surface area contributed by atoms with E-state index in [0.29, 0.717) is 31.0 Å². The van der Waals surface area contributed by atoms with E-state index < -0.39 is 5.63 Å². The van der Waals surface area contributed by atoms with Crippen LogP contribution >= 0.6 is 0 Å². The Balaban J connectivity index is 1.50. The monoisotopic (exact) mass is 485 g/mol. The summed E-state index contributed by atoms with van der Waals surface area (Å²) in [5, 5.41) is 0.843. The lowest BCUT2D eigenvalue weighted by atomic mass is 9.96. The van der Waals surface area contributed by atoms with Gasteiger partial charge in [-0.15, -0.1) is 0 Å². The fourth-order valence-electron chi connectivity index (χ4n) is 4.48. The lowest BCUT2D eigenvalue weighted by Gasteiger charge is -2.32. The molecule has 0 saturated carbocycles. The predicted octanol–water partition coefficient (Wildman–Crippen LogP) is 5.70. The average molecular weight is 486 g/mol. The number of hydrogen-bond acceptors (Lipinski definition) is 7. The first-order valence-electron chi connectivity index (χ1n) is 11.9. The molecule has 0 fully saturated rings. The zero-order valence-electron chi connectivity index (χ0n) is 20.5. The van der Waals surface area contributed by atoms with Crippen LogP contribution in [-0.4, -0.2) is 26.4 Å². The van der Waals surface area contributed by atoms with Crippen LogP contribution in [0.2, 0.25) is 0 Å². The maximum Gasteiger partial charge on any atom is 0.338 e. The molecule has 0 spiro atoms. The molecule has 184 valence electrons. The highest BCUT2D eigenvalue weighted by molar-refractivity contribution is 5.96. The minimum absolute atomic E-state index is 0.321. The fraction of sp³-hybridized carbons (Fsp3) is 0.241. The summed E-state index contributed by atoms with van der Waals surface area (Å²) in [5.74, 6) is 1.15. The number of carbonyl (C=O) groups excluding carboxylic acids is 1. The standard InChI is InChI=1S/C29H27NO6/c1-4-13-34-29(32)20-5-9-22(10-6-20)30-16-21-14-25-24(19-7-11-23(33-3)12-8-19)15-26(31)36-28(25)18(2)27(21)35-17-30/h5-12,14-15H,4,13,16-17H2,1-3H3. The zero-order valence-corrected chi connectivity index (χ0v) is 20.5. The van der Waals surface area contributed by atoms with E-state index in [0.717, 1.165) is 51.2 Å². The van der Waals surface area contributed by atoms with Crippen molar-refractivity contribution in [2.45, 2.75) is 26.8 Å². The molecular formula is C29H27NO6. The van der Waals surface area contributed by atoms with E-state index >= 15 is 0 Å². The second-order valence-electron chi connectivity index (χ2n) is 8.73. The number of aryl methyl sites for hydroxylation is 1. The summed E-state index contributed by atoms with van der Waals surface area (Å²) < 4.78 is 22.2. The van der Waals surface area contributed by atoms with E-state index in [4.69, 9.17) is 18.6 Å². The van der Waals surface area contributed by atoms with Crippen LogP contribution in [0.25, 0.3) is 22.1 Å². The van der Waals surface area contributed by atoms with Gasteiger partial charge >= 0.3 is 11.6 Å². The van der Waals surface area contributed by atoms with Crippen LogP contribution in [0, 0.1) is 6.92 Å². The molecular weight excluding hydrogens is 458 g/mol. The van der Waals surface area contributed by atoms with Crippen molar-refractivity contribution in [3.8, 4) is 22.6 Å². The molecule has 5 rings (SSSR count). The zero-order chi connectivity index (χ0) is 25.2. The van der Waals surface area contributed by atoms with Crippen molar-refractivity contribution in [1.82, 2.24) is 0 Å². The minimum atomic E-state index is -0.411. The summed E-state index contributed by atoms with van der Waals surface area (Å²) >= 11 is 0. The van der Waals surface area contributed by atoms with Gasteiger partial charge in [-0.1, -0.05) is 19.1 Å². The third-order valence-electron chi connectivity index (χ3n) is 6.32. The highest BCUT2D eigenvalue weighted by atomic mass is 16.5. The summed E-state index contributed by atoms with van der Waals surface area (Å²) in [6, 6.07) is 18.5. The highest BCUT2D eigenvalue weighted by Crippen LogP contribution is 2.39. The molecule has 0 bridgehead atoms. The molecule has 0 amide bonds. The van der Waals surface area contributed by atoms with E-state index in [1.54, 1.807) is 19.2 Å². The molecule has 1 aromatic heterocycles. The Labute approximate surface area is 208 Å². The number of anilines is 1. The molecule has 3 aromatic carbocycles. The van der Waals surface area contributed by atoms with Gasteiger partial charge in [0.1, 0.15) is 17.1 Å². The maximum absolute atomic E-state index is 12.4. The van der Waals surface area contributed by atoms with Gasteiger partial charge in [0.2, 0.25) is 0 Å². The van der Waals surface area contributed by atoms with Gasteiger partial charge in [0.05, 0.1) is 19.3 Å². The average Bonchev–Trinajstić information content (AvgIpc) is 2.92. The van der Waals surface area contributed by atoms with Crippen molar-refractivity contribution >= 4 is 22.6 Å². The third kappa shape index (κ3) is 4.40. The third-order valence-corrected chi connectivity index (χ3v) is 6.32. The van der Waals surface area contributed by atoms with Gasteiger partial charge in [-0.05, 0) is 66.9 Å². The molecule has 7 nitrogen and oxygen atoms in total. The number of hydrogen-bond donors (Lipinski definition) is 0. The van der Waals surface area contributed by atoms with E-state index in [1.807, 2.05) is 56.3 Å². The molecule has 0 aliphatic carbocycles. The number of esters is 1. The van der Waals surface area contributed by atoms with Gasteiger partial charge < -0.3 is 23.5 Å². The van der Waals surface area contributed by atoms with Crippen LogP contribution in [0.1, 0.15) is 34.8 Å². The number of carbonyl (C=O) groups is 1. The number of fused-ring (bicyclic) bond motifs is 2. The van der Waals surface area contributed by atoms with Gasteiger partial charge in [0.15, 0.2) is 6.73 Å². The Kier molecular flexibility index (Phi) is 6.38. The lowest BCUT2D eigenvalue weighted by molar-refractivity contribution is 0.0505. The Bertz CT molecular complexity index is 1470. The first-order valence-corrected chi connectivity index (χ1v) is 11.9. The molecule has 36 heavy (non-hydrogen) atoms. The Morgan fingerprint density at radius 1 is 1.06 bits per heavy atom. The summed E-state index contributed by atoms with van der Waals surface area (Å²) in [7, 11) is 1.62. The van der Waals surface area contributed by atoms with Crippen LogP contribution in [0.4, 0.5) is 5.69 Å². The number of nitrogens with zero attached hydrogens (tertiary/aromatic N) is 1. The summed E-state index contributed by atoms with van der Waals surface area (Å²) in [6.07, 6.45) is 0.784. The number of methoxy groups -OCH3 is 1. The van der Waals surface area contributed by atoms with Crippen molar-refractivity contribution in [3.63, 3.8) is 0 Å². The Morgan fingerprint density at radius 2 is 1.81 bits per heavy atom. The largest absolute Gasteiger partial charge is 0.497 e. The van der Waals surface area contributed by atoms with Crippen molar-refractivity contribution in [1.29, 1.82) is 0 Å². The molecule has 0 radical (unpaired) electrons. The number of rotatable bonds is 6. The SMILES string of the molecule is CCCOC(=O)c1ccc(N2COc3c(cc4c(-c5ccc(OC)cc5)cc(=O)oc4c3C)C2)cc1. The molecule has 0 saturated heterocycles. The quantitative estimate of drug-likeness (QED) is 0.256. The van der Waals surface area contributed by atoms with Crippen molar-refractivity contribution in [2.24, 2.45) is 0 Å². The lowest BCUT2D eigenvalue weighted by Crippen LogP contribution is -2.32. The van der Waals surface area contributed by atoms with E-state index in [2.05, 4.69) is 4.90 Å². The molecule has 7 heteroatoms. The van der Waals surface area contributed by atoms with Crippen molar-refractivity contribution < 1.29 is 23.4 Å². The van der Waals surface area contributed by atoms with Crippen molar-refractivity contribution in [3.05, 3.63) is 87.8 Å². The topological polar surface area (TPSA) is 78.2 Å². The van der Waals surface area contributed by atoms with Crippen LogP contribution in [-0.2, 0) is 11.3 Å². The normalized spacial score (nSPS) is 12.7. The highest BCUT2D eigenvalue weighted by Gasteiger charge is 2.24. The van der Waals surface area contributed by atoms with Crippen LogP contribution < -0.4 is 20.0 Å². The molecule has 0 N–H and O–H groups in total. The van der Waals surface area contributed by atoms with Gasteiger partial charge in [-0.2, -0.15) is 0 Å². The van der Waals surface area contributed by atoms with E-state index in [1.165, 1.54) is 6.07 Å². The molecule has 4 aromatic rings. The second-order valence-corrected chi connectivity index (χ2v) is 8.73.